The normalized spacial score (nSPS) is 0. The summed E-state index contributed by atoms with van der Waals surface area (Å²) in [4.78, 5) is 0. The second-order valence-electron chi connectivity index (χ2n) is 0. The summed E-state index contributed by atoms with van der Waals surface area (Å²) in [6.45, 7) is 0. The predicted molar refractivity (Wildman–Crippen MR) is 19.1 cm³/mol. The molecule has 0 aliphatic rings. The summed E-state index contributed by atoms with van der Waals surface area (Å²) in [5.74, 6) is 0. The fourth-order valence-corrected chi connectivity index (χ4v) is 0. The van der Waals surface area contributed by atoms with Crippen molar-refractivity contribution in [3.63, 3.8) is 0 Å². The standard InChI is InChI=1S/Ag.Ge.Li.S. The van der Waals surface area contributed by atoms with Crippen LogP contribution in [0.15, 0.2) is 0 Å². The molecule has 0 atom stereocenters. The Bertz CT molecular complexity index is 8.00. The van der Waals surface area contributed by atoms with E-state index >= 15 is 0 Å². The summed E-state index contributed by atoms with van der Waals surface area (Å²) in [5.41, 5.74) is 0. The van der Waals surface area contributed by atoms with Crippen molar-refractivity contribution in [2.45, 2.75) is 0 Å². The molecule has 0 rings (SSSR count). The Balaban J connectivity index is 0. The molecular formula is AgGeLiS. The van der Waals surface area contributed by atoms with E-state index in [1.807, 2.05) is 0 Å². The van der Waals surface area contributed by atoms with Crippen LogP contribution in [0.2, 0.25) is 0 Å². The van der Waals surface area contributed by atoms with Gasteiger partial charge < -0.3 is 0 Å². The van der Waals surface area contributed by atoms with Crippen molar-refractivity contribution in [1.29, 1.82) is 0 Å². The van der Waals surface area contributed by atoms with E-state index in [0.29, 0.717) is 0 Å². The summed E-state index contributed by atoms with van der Waals surface area (Å²) in [6, 6.07) is 0. The van der Waals surface area contributed by atoms with Crippen LogP contribution in [0.1, 0.15) is 0 Å². The Morgan fingerprint density at radius 1 is 1.00 bits per heavy atom. The molecule has 0 fully saturated rings. The van der Waals surface area contributed by atoms with Crippen LogP contribution in [0.25, 0.3) is 0 Å². The zero-order valence-electron chi connectivity index (χ0n) is 2.21. The van der Waals surface area contributed by atoms with Crippen molar-refractivity contribution < 1.29 is 22.4 Å². The average Bonchev–Trinajstić information content (AvgIpc) is 0. The van der Waals surface area contributed by atoms with E-state index in [1.165, 1.54) is 0 Å². The minimum Gasteiger partial charge on any atom is 0 e. The van der Waals surface area contributed by atoms with Crippen LogP contribution in [0, 0.1) is 0 Å². The number of hydrogen-bond acceptors (Lipinski definition) is 0. The van der Waals surface area contributed by atoms with Gasteiger partial charge >= 0.3 is 0 Å². The van der Waals surface area contributed by atoms with Gasteiger partial charge in [-0.3, -0.25) is 0 Å². The number of rotatable bonds is 0. The van der Waals surface area contributed by atoms with E-state index < -0.39 is 0 Å². The minimum absolute atomic E-state index is 0. The maximum atomic E-state index is 0. The molecule has 22 valence electrons. The third-order valence-corrected chi connectivity index (χ3v) is 0. The van der Waals surface area contributed by atoms with Gasteiger partial charge in [0.1, 0.15) is 0 Å². The van der Waals surface area contributed by atoms with Gasteiger partial charge in [0, 0.05) is 72.3 Å². The molecule has 0 unspecified atom stereocenters. The Labute approximate surface area is 71.6 Å². The van der Waals surface area contributed by atoms with Gasteiger partial charge in [-0.05, 0) is 0 Å². The molecule has 0 N–H and O–H groups in total. The predicted octanol–water partition coefficient (Wildman–Crippen LogP) is -0.116. The van der Waals surface area contributed by atoms with Crippen molar-refractivity contribution >= 4 is 50.0 Å². The summed E-state index contributed by atoms with van der Waals surface area (Å²) in [5, 5.41) is 0. The van der Waals surface area contributed by atoms with E-state index in [-0.39, 0.29) is 72.3 Å². The Morgan fingerprint density at radius 2 is 1.00 bits per heavy atom. The first-order valence-corrected chi connectivity index (χ1v) is 0. The third kappa shape index (κ3) is 8.87. The van der Waals surface area contributed by atoms with Crippen molar-refractivity contribution in [1.82, 2.24) is 0 Å². The van der Waals surface area contributed by atoms with E-state index in [9.17, 15) is 0 Å². The van der Waals surface area contributed by atoms with Crippen LogP contribution in [-0.2, 0) is 22.4 Å². The second-order valence-corrected chi connectivity index (χ2v) is 0. The maximum absolute atomic E-state index is 0. The molecule has 0 saturated heterocycles. The van der Waals surface area contributed by atoms with Gasteiger partial charge in [-0.15, -0.1) is 0 Å². The van der Waals surface area contributed by atoms with Gasteiger partial charge in [-0.1, -0.05) is 0 Å². The van der Waals surface area contributed by atoms with E-state index in [1.54, 1.807) is 0 Å². The van der Waals surface area contributed by atoms with Crippen LogP contribution >= 0.6 is 13.5 Å². The summed E-state index contributed by atoms with van der Waals surface area (Å²) in [7, 11) is 0. The monoisotopic (exact) mass is 220 g/mol. The largest absolute Gasteiger partial charge is 0 e. The van der Waals surface area contributed by atoms with Gasteiger partial charge in [0.15, 0.2) is 0 Å². The molecule has 0 bridgehead atoms. The van der Waals surface area contributed by atoms with Crippen molar-refractivity contribution in [2.24, 2.45) is 0 Å². The second kappa shape index (κ2) is 18.8. The summed E-state index contributed by atoms with van der Waals surface area (Å²) in [6.07, 6.45) is 0. The Hall–Kier alpha value is 2.23. The minimum atomic E-state index is 0. The van der Waals surface area contributed by atoms with Gasteiger partial charge in [-0.2, -0.15) is 0 Å². The van der Waals surface area contributed by atoms with Crippen LogP contribution in [0.4, 0.5) is 0 Å². The molecule has 0 amide bonds. The van der Waals surface area contributed by atoms with Crippen LogP contribution in [0.5, 0.6) is 0 Å². The van der Waals surface area contributed by atoms with Crippen molar-refractivity contribution in [3.05, 3.63) is 0 Å². The van der Waals surface area contributed by atoms with Gasteiger partial charge in [0.2, 0.25) is 0 Å². The molecule has 4 heteroatoms. The summed E-state index contributed by atoms with van der Waals surface area (Å²) >= 11 is 0. The van der Waals surface area contributed by atoms with E-state index in [4.69, 9.17) is 0 Å². The zero-order chi connectivity index (χ0) is 0. The Morgan fingerprint density at radius 3 is 1.00 bits per heavy atom. The topological polar surface area (TPSA) is 0 Å². The molecule has 0 aromatic heterocycles. The Kier molecular flexibility index (Phi) is 161. The molecule has 0 aliphatic carbocycles. The van der Waals surface area contributed by atoms with Crippen LogP contribution < -0.4 is 0 Å². The van der Waals surface area contributed by atoms with Crippen molar-refractivity contribution in [3.8, 4) is 0 Å². The molecule has 0 aliphatic heterocycles. The SMILES string of the molecule is [Ag].[Ge].[Li].[S]. The fourth-order valence-electron chi connectivity index (χ4n) is 0. The van der Waals surface area contributed by atoms with E-state index in [2.05, 4.69) is 0 Å². The molecule has 4 heavy (non-hydrogen) atoms. The molecular weight excluding hydrogens is 219 g/mol. The first kappa shape index (κ1) is 34.3. The molecule has 0 saturated carbocycles. The van der Waals surface area contributed by atoms with Gasteiger partial charge in [-0.25, -0.2) is 0 Å². The molecule has 0 aromatic carbocycles. The fraction of sp³-hybridized carbons (Fsp3) is 0. The molecule has 0 spiro atoms. The smallest absolute Gasteiger partial charge is 0 e. The molecule has 0 nitrogen and oxygen atoms in total. The quantitative estimate of drug-likeness (QED) is 0.499. The molecule has 0 heterocycles. The van der Waals surface area contributed by atoms with Crippen LogP contribution in [-0.4, -0.2) is 36.5 Å². The van der Waals surface area contributed by atoms with Gasteiger partial charge in [0.25, 0.3) is 0 Å². The first-order valence-electron chi connectivity index (χ1n) is 0. The summed E-state index contributed by atoms with van der Waals surface area (Å²) < 4.78 is 0. The first-order chi connectivity index (χ1) is 0. The third-order valence-electron chi connectivity index (χ3n) is 0. The maximum Gasteiger partial charge on any atom is 0 e. The molecule has 8 radical (unpaired) electrons. The zero-order valence-corrected chi connectivity index (χ0v) is 6.61. The van der Waals surface area contributed by atoms with Crippen molar-refractivity contribution in [2.75, 3.05) is 0 Å². The molecule has 0 aromatic rings. The number of hydrogen-bond donors (Lipinski definition) is 0. The van der Waals surface area contributed by atoms with Crippen LogP contribution in [0.3, 0.4) is 0 Å². The van der Waals surface area contributed by atoms with Gasteiger partial charge in [0.05, 0.1) is 0 Å². The van der Waals surface area contributed by atoms with E-state index in [0.717, 1.165) is 0 Å². The average molecular weight is 219 g/mol.